The standard InChI is InChI=1S/C13H11NO.C13H9NO.Be/c2*15-11-5-1-3-9-6-7-10-4-2-8-14-13(10)12(9)11;/h1-5,7-9,15H,6H2;1-8,15H;/q;;+2/p-1. The number of aromatic amines is 1. The molecule has 1 atom stereocenters. The molecular formula is C26H19BeN2O2+. The van der Waals surface area contributed by atoms with Crippen LogP contribution < -0.4 is 25.8 Å². The van der Waals surface area contributed by atoms with Gasteiger partial charge in [-0.15, -0.1) is 0 Å². The third-order valence-corrected chi connectivity index (χ3v) is 5.55. The SMILES string of the molecule is [Be+2].[O-]C1=CC=CC2CC=c3ccc[nH+]c3=C12.[O-]c1cccc2ccc3cccnc3c12. The third kappa shape index (κ3) is 3.74. The van der Waals surface area contributed by atoms with Crippen LogP contribution >= 0.6 is 0 Å². The van der Waals surface area contributed by atoms with Crippen LogP contribution in [0.2, 0.25) is 0 Å². The Balaban J connectivity index is 0.000000144. The van der Waals surface area contributed by atoms with Gasteiger partial charge in [0.15, 0.2) is 6.20 Å². The molecule has 4 aromatic rings. The minimum absolute atomic E-state index is 0. The van der Waals surface area contributed by atoms with Gasteiger partial charge in [-0.05, 0) is 23.9 Å². The molecule has 0 saturated heterocycles. The van der Waals surface area contributed by atoms with Gasteiger partial charge >= 0.3 is 10.1 Å². The average Bonchev–Trinajstić information content (AvgIpc) is 2.79. The second-order valence-corrected chi connectivity index (χ2v) is 7.37. The second-order valence-electron chi connectivity index (χ2n) is 7.37. The van der Waals surface area contributed by atoms with Crippen LogP contribution in [0.5, 0.6) is 5.75 Å². The topological polar surface area (TPSA) is 73.2 Å². The zero-order valence-electron chi connectivity index (χ0n) is 16.9. The van der Waals surface area contributed by atoms with E-state index in [2.05, 4.69) is 22.1 Å². The number of nitrogens with zero attached hydrogens (tertiary/aromatic N) is 1. The van der Waals surface area contributed by atoms with Gasteiger partial charge in [0.25, 0.3) is 0 Å². The molecule has 2 aliphatic carbocycles. The Morgan fingerprint density at radius 1 is 0.935 bits per heavy atom. The molecule has 4 nitrogen and oxygen atoms in total. The summed E-state index contributed by atoms with van der Waals surface area (Å²) in [5.41, 5.74) is 1.70. The number of hydrogen-bond acceptors (Lipinski definition) is 3. The largest absolute Gasteiger partial charge is 2.00 e. The van der Waals surface area contributed by atoms with Crippen LogP contribution in [0.25, 0.3) is 33.3 Å². The molecule has 146 valence electrons. The predicted molar refractivity (Wildman–Crippen MR) is 120 cm³/mol. The molecule has 2 aromatic carbocycles. The molecule has 0 fully saturated rings. The predicted octanol–water partition coefficient (Wildman–Crippen LogP) is 1.35. The molecular weight excluding hydrogens is 381 g/mol. The maximum absolute atomic E-state index is 11.8. The van der Waals surface area contributed by atoms with Crippen molar-refractivity contribution < 1.29 is 15.2 Å². The molecule has 2 aliphatic rings. The fraction of sp³-hybridized carbons (Fsp3) is 0.0769. The quantitative estimate of drug-likeness (QED) is 0.330. The summed E-state index contributed by atoms with van der Waals surface area (Å²) in [4.78, 5) is 7.45. The number of nitrogens with one attached hydrogen (secondary N) is 1. The Hall–Kier alpha value is -3.75. The molecule has 1 unspecified atom stereocenters. The van der Waals surface area contributed by atoms with Crippen LogP contribution in [0.15, 0.2) is 91.0 Å². The van der Waals surface area contributed by atoms with Crippen molar-refractivity contribution in [2.24, 2.45) is 5.92 Å². The van der Waals surface area contributed by atoms with Crippen LogP contribution in [0.1, 0.15) is 6.42 Å². The van der Waals surface area contributed by atoms with Crippen molar-refractivity contribution in [3.8, 4) is 5.75 Å². The van der Waals surface area contributed by atoms with Crippen LogP contribution in [-0.2, 0) is 0 Å². The molecule has 0 bridgehead atoms. The number of rotatable bonds is 0. The van der Waals surface area contributed by atoms with Gasteiger partial charge < -0.3 is 10.2 Å². The van der Waals surface area contributed by atoms with Gasteiger partial charge in [0.2, 0.25) is 5.35 Å². The first-order chi connectivity index (χ1) is 14.7. The molecule has 6 rings (SSSR count). The van der Waals surface area contributed by atoms with Crippen molar-refractivity contribution in [2.75, 3.05) is 0 Å². The summed E-state index contributed by atoms with van der Waals surface area (Å²) in [6.45, 7) is 0. The zero-order valence-corrected chi connectivity index (χ0v) is 16.9. The van der Waals surface area contributed by atoms with E-state index in [0.29, 0.717) is 0 Å². The first kappa shape index (κ1) is 20.5. The zero-order chi connectivity index (χ0) is 20.5. The fourth-order valence-electron chi connectivity index (χ4n) is 4.14. The van der Waals surface area contributed by atoms with E-state index in [1.807, 2.05) is 54.7 Å². The third-order valence-electron chi connectivity index (χ3n) is 5.55. The van der Waals surface area contributed by atoms with Crippen LogP contribution in [0, 0.1) is 5.92 Å². The molecule has 0 radical (unpaired) electrons. The number of H-pyrrole nitrogens is 1. The summed E-state index contributed by atoms with van der Waals surface area (Å²) >= 11 is 0. The first-order valence-electron chi connectivity index (χ1n) is 9.93. The number of hydrogen-bond donors (Lipinski definition) is 0. The van der Waals surface area contributed by atoms with E-state index < -0.39 is 0 Å². The molecule has 0 aliphatic heterocycles. The normalized spacial score (nSPS) is 16.2. The van der Waals surface area contributed by atoms with Crippen molar-refractivity contribution in [3.05, 3.63) is 102 Å². The maximum Gasteiger partial charge on any atom is 2.00 e. The number of aromatic nitrogens is 2. The van der Waals surface area contributed by atoms with Gasteiger partial charge in [0.05, 0.1) is 5.52 Å². The molecule has 0 amide bonds. The van der Waals surface area contributed by atoms with Crippen molar-refractivity contribution >= 4 is 43.4 Å². The molecule has 5 heteroatoms. The van der Waals surface area contributed by atoms with Crippen molar-refractivity contribution in [1.82, 2.24) is 4.98 Å². The summed E-state index contributed by atoms with van der Waals surface area (Å²) in [5.74, 6) is 0.435. The molecule has 2 heterocycles. The van der Waals surface area contributed by atoms with E-state index in [-0.39, 0.29) is 27.5 Å². The van der Waals surface area contributed by atoms with E-state index in [1.165, 1.54) is 0 Å². The Kier molecular flexibility index (Phi) is 5.66. The van der Waals surface area contributed by atoms with E-state index in [4.69, 9.17) is 0 Å². The summed E-state index contributed by atoms with van der Waals surface area (Å²) in [5, 5.41) is 28.4. The van der Waals surface area contributed by atoms with Crippen molar-refractivity contribution in [3.63, 3.8) is 0 Å². The summed E-state index contributed by atoms with van der Waals surface area (Å²) in [6.07, 6.45) is 12.3. The van der Waals surface area contributed by atoms with Gasteiger partial charge in [0.1, 0.15) is 0 Å². The summed E-state index contributed by atoms with van der Waals surface area (Å²) < 4.78 is 0. The van der Waals surface area contributed by atoms with Crippen molar-refractivity contribution in [1.29, 1.82) is 0 Å². The summed E-state index contributed by atoms with van der Waals surface area (Å²) in [6, 6.07) is 17.1. The van der Waals surface area contributed by atoms with E-state index in [0.717, 1.165) is 44.2 Å². The van der Waals surface area contributed by atoms with Gasteiger partial charge in [-0.3, -0.25) is 4.98 Å². The van der Waals surface area contributed by atoms with Crippen LogP contribution in [0.4, 0.5) is 0 Å². The Bertz CT molecular complexity index is 1460. The molecule has 1 N–H and O–H groups in total. The minimum atomic E-state index is 0. The molecule has 2 aromatic heterocycles. The summed E-state index contributed by atoms with van der Waals surface area (Å²) in [7, 11) is 0. The molecule has 31 heavy (non-hydrogen) atoms. The number of benzene rings is 2. The van der Waals surface area contributed by atoms with Gasteiger partial charge in [0, 0.05) is 39.7 Å². The Labute approximate surface area is 183 Å². The van der Waals surface area contributed by atoms with E-state index in [9.17, 15) is 10.2 Å². The number of fused-ring (bicyclic) bond motifs is 5. The van der Waals surface area contributed by atoms with Gasteiger partial charge in [-0.1, -0.05) is 72.2 Å². The second kappa shape index (κ2) is 8.55. The minimum Gasteiger partial charge on any atom is -0.872 e. The van der Waals surface area contributed by atoms with Gasteiger partial charge in [-0.2, -0.15) is 0 Å². The van der Waals surface area contributed by atoms with E-state index in [1.54, 1.807) is 24.4 Å². The van der Waals surface area contributed by atoms with Crippen LogP contribution in [0.3, 0.4) is 0 Å². The molecule has 0 saturated carbocycles. The average molecular weight is 400 g/mol. The Morgan fingerprint density at radius 2 is 1.77 bits per heavy atom. The Morgan fingerprint density at radius 3 is 2.68 bits per heavy atom. The van der Waals surface area contributed by atoms with Gasteiger partial charge in [-0.25, -0.2) is 4.98 Å². The fourth-order valence-corrected chi connectivity index (χ4v) is 4.14. The monoisotopic (exact) mass is 400 g/mol. The number of allylic oxidation sites excluding steroid dienone is 4. The molecule has 0 spiro atoms. The van der Waals surface area contributed by atoms with Crippen molar-refractivity contribution in [2.45, 2.75) is 6.42 Å². The number of pyridine rings is 2. The first-order valence-corrected chi connectivity index (χ1v) is 9.93. The smallest absolute Gasteiger partial charge is 0.872 e. The van der Waals surface area contributed by atoms with E-state index >= 15 is 0 Å². The maximum atomic E-state index is 11.8. The van der Waals surface area contributed by atoms with Crippen LogP contribution in [-0.4, -0.2) is 15.1 Å².